The molecule has 35 heavy (non-hydrogen) atoms. The summed E-state index contributed by atoms with van der Waals surface area (Å²) in [6.07, 6.45) is 44.8. The molecule has 0 heterocycles. The Morgan fingerprint density at radius 3 is 0.914 bits per heavy atom. The van der Waals surface area contributed by atoms with Crippen molar-refractivity contribution >= 4 is 0 Å². The fraction of sp³-hybridized carbons (Fsp3) is 0.941. The van der Waals surface area contributed by atoms with Crippen molar-refractivity contribution in [1.29, 1.82) is 0 Å². The van der Waals surface area contributed by atoms with Gasteiger partial charge in [-0.05, 0) is 51.6 Å². The normalized spacial score (nSPS) is 11.7. The van der Waals surface area contributed by atoms with Crippen molar-refractivity contribution in [2.75, 3.05) is 13.1 Å². The van der Waals surface area contributed by atoms with E-state index in [0.29, 0.717) is 0 Å². The lowest BCUT2D eigenvalue weighted by Crippen LogP contribution is -2.16. The van der Waals surface area contributed by atoms with Gasteiger partial charge in [0.05, 0.1) is 0 Å². The molecule has 0 rings (SSSR count). The highest BCUT2D eigenvalue weighted by molar-refractivity contribution is 4.81. The minimum atomic E-state index is 1.24. The molecule has 0 radical (unpaired) electrons. The molecule has 1 N–H and O–H groups in total. The van der Waals surface area contributed by atoms with E-state index in [-0.39, 0.29) is 0 Å². The zero-order valence-corrected chi connectivity index (χ0v) is 24.9. The molecule has 1 heteroatoms. The average molecular weight is 492 g/mol. The lowest BCUT2D eigenvalue weighted by molar-refractivity contribution is 0.520. The standard InChI is InChI=1S/C34H69N/c1-3-5-7-9-11-13-15-17-19-20-22-24-26-28-30-32-34-35-33-31-29-27-25-23-21-18-16-14-12-10-8-6-4-2/h14,16,35H,3-13,15,17-34H2,1-2H3/b16-14-. The van der Waals surface area contributed by atoms with Crippen LogP contribution in [0.1, 0.15) is 194 Å². The molecular weight excluding hydrogens is 422 g/mol. The van der Waals surface area contributed by atoms with E-state index in [4.69, 9.17) is 0 Å². The van der Waals surface area contributed by atoms with Gasteiger partial charge in [-0.3, -0.25) is 0 Å². The summed E-state index contributed by atoms with van der Waals surface area (Å²) in [6.45, 7) is 7.07. The van der Waals surface area contributed by atoms with Crippen LogP contribution in [0.2, 0.25) is 0 Å². The molecule has 0 atom stereocenters. The highest BCUT2D eigenvalue weighted by Crippen LogP contribution is 2.14. The SMILES string of the molecule is CCCCCC/C=C\CCCCCCCCNCCCCCCCCCCCCCCCCCC. The summed E-state index contributed by atoms with van der Waals surface area (Å²) in [7, 11) is 0. The molecule has 0 saturated heterocycles. The van der Waals surface area contributed by atoms with Crippen molar-refractivity contribution in [1.82, 2.24) is 5.32 Å². The molecule has 0 aromatic carbocycles. The van der Waals surface area contributed by atoms with Crippen LogP contribution in [0.25, 0.3) is 0 Å². The molecule has 0 fully saturated rings. The summed E-state index contributed by atoms with van der Waals surface area (Å²) < 4.78 is 0. The minimum absolute atomic E-state index is 1.24. The van der Waals surface area contributed by atoms with Gasteiger partial charge in [-0.2, -0.15) is 0 Å². The van der Waals surface area contributed by atoms with Gasteiger partial charge in [0.2, 0.25) is 0 Å². The quantitative estimate of drug-likeness (QED) is 0.0750. The lowest BCUT2D eigenvalue weighted by Gasteiger charge is -2.05. The van der Waals surface area contributed by atoms with Crippen LogP contribution in [0.4, 0.5) is 0 Å². The van der Waals surface area contributed by atoms with Crippen LogP contribution in [0.3, 0.4) is 0 Å². The molecule has 0 aliphatic rings. The van der Waals surface area contributed by atoms with Crippen LogP contribution in [-0.4, -0.2) is 13.1 Å². The van der Waals surface area contributed by atoms with Crippen molar-refractivity contribution in [3.63, 3.8) is 0 Å². The third kappa shape index (κ3) is 33.7. The van der Waals surface area contributed by atoms with Gasteiger partial charge in [0.15, 0.2) is 0 Å². The van der Waals surface area contributed by atoms with E-state index in [1.54, 1.807) is 0 Å². The minimum Gasteiger partial charge on any atom is -0.317 e. The van der Waals surface area contributed by atoms with Gasteiger partial charge in [-0.15, -0.1) is 0 Å². The predicted molar refractivity (Wildman–Crippen MR) is 163 cm³/mol. The Morgan fingerprint density at radius 1 is 0.314 bits per heavy atom. The smallest absolute Gasteiger partial charge is 0.00489 e. The van der Waals surface area contributed by atoms with E-state index in [0.717, 1.165) is 0 Å². The molecule has 0 saturated carbocycles. The second-order valence-electron chi connectivity index (χ2n) is 11.3. The largest absolute Gasteiger partial charge is 0.317 e. The first kappa shape index (κ1) is 34.7. The summed E-state index contributed by atoms with van der Waals surface area (Å²) in [5, 5.41) is 3.67. The monoisotopic (exact) mass is 492 g/mol. The van der Waals surface area contributed by atoms with Crippen LogP contribution >= 0.6 is 0 Å². The number of unbranched alkanes of at least 4 members (excludes halogenated alkanes) is 25. The third-order valence-electron chi connectivity index (χ3n) is 7.57. The van der Waals surface area contributed by atoms with Crippen molar-refractivity contribution in [3.05, 3.63) is 12.2 Å². The van der Waals surface area contributed by atoms with E-state index in [2.05, 4.69) is 31.3 Å². The molecule has 0 spiro atoms. The summed E-state index contributed by atoms with van der Waals surface area (Å²) >= 11 is 0. The second kappa shape index (κ2) is 33.7. The number of rotatable bonds is 31. The van der Waals surface area contributed by atoms with Crippen LogP contribution in [-0.2, 0) is 0 Å². The molecule has 0 unspecified atom stereocenters. The first-order valence-electron chi connectivity index (χ1n) is 16.8. The van der Waals surface area contributed by atoms with Gasteiger partial charge >= 0.3 is 0 Å². The van der Waals surface area contributed by atoms with E-state index in [1.807, 2.05) is 0 Å². The molecule has 1 nitrogen and oxygen atoms in total. The van der Waals surface area contributed by atoms with Crippen LogP contribution in [0.15, 0.2) is 12.2 Å². The second-order valence-corrected chi connectivity index (χ2v) is 11.3. The molecule has 0 aromatic rings. The molecule has 0 amide bonds. The Morgan fingerprint density at radius 2 is 0.571 bits per heavy atom. The van der Waals surface area contributed by atoms with Gasteiger partial charge < -0.3 is 5.32 Å². The van der Waals surface area contributed by atoms with Crippen molar-refractivity contribution in [3.8, 4) is 0 Å². The van der Waals surface area contributed by atoms with Crippen molar-refractivity contribution in [2.24, 2.45) is 0 Å². The summed E-state index contributed by atoms with van der Waals surface area (Å²) in [5.41, 5.74) is 0. The fourth-order valence-corrected chi connectivity index (χ4v) is 5.07. The van der Waals surface area contributed by atoms with Gasteiger partial charge in [0.1, 0.15) is 0 Å². The summed E-state index contributed by atoms with van der Waals surface area (Å²) in [6, 6.07) is 0. The maximum atomic E-state index is 3.67. The first-order valence-corrected chi connectivity index (χ1v) is 16.8. The molecule has 0 aliphatic heterocycles. The van der Waals surface area contributed by atoms with Crippen LogP contribution in [0, 0.1) is 0 Å². The van der Waals surface area contributed by atoms with Gasteiger partial charge in [0.25, 0.3) is 0 Å². The zero-order valence-electron chi connectivity index (χ0n) is 24.9. The number of hydrogen-bond donors (Lipinski definition) is 1. The summed E-state index contributed by atoms with van der Waals surface area (Å²) in [5.74, 6) is 0. The van der Waals surface area contributed by atoms with Gasteiger partial charge in [-0.1, -0.05) is 167 Å². The number of allylic oxidation sites excluding steroid dienone is 2. The summed E-state index contributed by atoms with van der Waals surface area (Å²) in [4.78, 5) is 0. The third-order valence-corrected chi connectivity index (χ3v) is 7.57. The molecule has 0 bridgehead atoms. The maximum Gasteiger partial charge on any atom is -0.00489 e. The highest BCUT2D eigenvalue weighted by atomic mass is 14.8. The number of nitrogens with one attached hydrogen (secondary N) is 1. The molecule has 0 aliphatic carbocycles. The Hall–Kier alpha value is -0.300. The van der Waals surface area contributed by atoms with E-state index in [1.165, 1.54) is 193 Å². The van der Waals surface area contributed by atoms with Crippen molar-refractivity contribution < 1.29 is 0 Å². The molecule has 210 valence electrons. The van der Waals surface area contributed by atoms with E-state index >= 15 is 0 Å². The van der Waals surface area contributed by atoms with Crippen molar-refractivity contribution in [2.45, 2.75) is 194 Å². The Bertz CT molecular complexity index is 375. The molecule has 0 aromatic heterocycles. The van der Waals surface area contributed by atoms with E-state index in [9.17, 15) is 0 Å². The maximum absolute atomic E-state index is 3.67. The first-order chi connectivity index (χ1) is 17.4. The van der Waals surface area contributed by atoms with Gasteiger partial charge in [0, 0.05) is 0 Å². The fourth-order valence-electron chi connectivity index (χ4n) is 5.07. The Labute approximate surface area is 224 Å². The van der Waals surface area contributed by atoms with Gasteiger partial charge in [-0.25, -0.2) is 0 Å². The Balaban J connectivity index is 3.03. The zero-order chi connectivity index (χ0) is 25.3. The Kier molecular flexibility index (Phi) is 33.4. The number of hydrogen-bond acceptors (Lipinski definition) is 1. The van der Waals surface area contributed by atoms with Crippen LogP contribution < -0.4 is 5.32 Å². The van der Waals surface area contributed by atoms with E-state index < -0.39 is 0 Å². The highest BCUT2D eigenvalue weighted by Gasteiger charge is 1.95. The topological polar surface area (TPSA) is 12.0 Å². The lowest BCUT2D eigenvalue weighted by atomic mass is 10.0. The average Bonchev–Trinajstić information content (AvgIpc) is 2.87. The van der Waals surface area contributed by atoms with Crippen LogP contribution in [0.5, 0.6) is 0 Å². The molecular formula is C34H69N. The predicted octanol–water partition coefficient (Wildman–Crippen LogP) is 12.1.